The van der Waals surface area contributed by atoms with Crippen molar-refractivity contribution >= 4 is 73.0 Å². The predicted octanol–water partition coefficient (Wildman–Crippen LogP) is 7.92. The normalized spacial score (nSPS) is 19.0. The molecule has 0 spiro atoms. The van der Waals surface area contributed by atoms with Crippen molar-refractivity contribution in [2.75, 3.05) is 11.9 Å². The highest BCUT2D eigenvalue weighted by Gasteiger charge is 2.41. The topological polar surface area (TPSA) is 38.3 Å². The van der Waals surface area contributed by atoms with Crippen LogP contribution < -0.4 is 10.1 Å². The van der Waals surface area contributed by atoms with Gasteiger partial charge in [-0.15, -0.1) is 0 Å². The van der Waals surface area contributed by atoms with Gasteiger partial charge in [0.2, 0.25) is 0 Å². The van der Waals surface area contributed by atoms with Crippen LogP contribution in [0.1, 0.15) is 43.9 Å². The van der Waals surface area contributed by atoms with Gasteiger partial charge in [-0.1, -0.05) is 56.8 Å². The van der Waals surface area contributed by atoms with Gasteiger partial charge in [0.25, 0.3) is 0 Å². The Morgan fingerprint density at radius 2 is 1.94 bits per heavy atom. The lowest BCUT2D eigenvalue weighted by Gasteiger charge is -2.40. The number of allylic oxidation sites excluding steroid dienone is 1. The summed E-state index contributed by atoms with van der Waals surface area (Å²) in [6.45, 7) is 8.63. The van der Waals surface area contributed by atoms with Crippen molar-refractivity contribution in [1.29, 1.82) is 0 Å². The molecule has 3 aromatic rings. The van der Waals surface area contributed by atoms with E-state index in [2.05, 4.69) is 119 Å². The number of anilines is 1. The molecule has 3 nitrogen and oxygen atoms in total. The molecule has 0 saturated carbocycles. The molecule has 0 radical (unpaired) electrons. The van der Waals surface area contributed by atoms with Gasteiger partial charge in [-0.2, -0.15) is 0 Å². The number of fused-ring (bicyclic) bond motifs is 4. The number of benzene rings is 3. The summed E-state index contributed by atoms with van der Waals surface area (Å²) in [6.07, 6.45) is 3.18. The zero-order valence-electron chi connectivity index (χ0n) is 18.7. The van der Waals surface area contributed by atoms with Gasteiger partial charge in [-0.25, -0.2) is 0 Å². The largest absolute Gasteiger partial charge is 0.488 e. The van der Waals surface area contributed by atoms with E-state index in [1.807, 2.05) is 0 Å². The second-order valence-corrected chi connectivity index (χ2v) is 11.9. The maximum Gasteiger partial charge on any atom is 0.162 e. The molecule has 1 atom stereocenters. The molecule has 5 heteroatoms. The molecule has 5 rings (SSSR count). The number of halogens is 2. The quantitative estimate of drug-likeness (QED) is 0.228. The fourth-order valence-corrected chi connectivity index (χ4v) is 7.21. The van der Waals surface area contributed by atoms with E-state index in [-0.39, 0.29) is 17.2 Å². The third kappa shape index (κ3) is 4.11. The van der Waals surface area contributed by atoms with Gasteiger partial charge in [0, 0.05) is 32.4 Å². The van der Waals surface area contributed by atoms with Gasteiger partial charge < -0.3 is 10.1 Å². The first-order chi connectivity index (χ1) is 15.8. The zero-order chi connectivity index (χ0) is 23.3. The van der Waals surface area contributed by atoms with E-state index in [9.17, 15) is 4.79 Å². The maximum absolute atomic E-state index is 13.7. The summed E-state index contributed by atoms with van der Waals surface area (Å²) >= 11 is 4.67. The van der Waals surface area contributed by atoms with Gasteiger partial charge >= 0.3 is 0 Å². The smallest absolute Gasteiger partial charge is 0.162 e. The Labute approximate surface area is 222 Å². The Morgan fingerprint density at radius 1 is 1.15 bits per heavy atom. The van der Waals surface area contributed by atoms with Crippen LogP contribution in [0.2, 0.25) is 0 Å². The number of ketones is 1. The van der Waals surface area contributed by atoms with E-state index in [4.69, 9.17) is 4.74 Å². The Balaban J connectivity index is 1.79. The number of carbonyl (C=O) groups excluding carboxylic acids is 1. The predicted molar refractivity (Wildman–Crippen MR) is 153 cm³/mol. The van der Waals surface area contributed by atoms with E-state index in [1.165, 1.54) is 21.9 Å². The van der Waals surface area contributed by atoms with Crippen molar-refractivity contribution in [2.24, 2.45) is 5.41 Å². The van der Waals surface area contributed by atoms with Crippen LogP contribution in [0.5, 0.6) is 5.75 Å². The molecule has 1 aliphatic carbocycles. The zero-order valence-corrected chi connectivity index (χ0v) is 23.0. The fourth-order valence-electron chi connectivity index (χ4n) is 5.16. The standard InChI is InChI=1S/C28H25I2NO2/c1-4-11-33-27-19(12-17(29)13-21(27)30)26-25-20(14-28(2,3)15-23(25)32)24-18-8-6-5-7-16(18)9-10-22(24)31-26/h4-10,12-13,26,31H,1,11,14-15H2,2-3H3/t26-/m1/s1. The second kappa shape index (κ2) is 8.73. The number of carbonyl (C=O) groups is 1. The average molecular weight is 661 g/mol. The molecular formula is C28H25I2NO2. The molecule has 0 aromatic heterocycles. The van der Waals surface area contributed by atoms with Crippen molar-refractivity contribution in [3.63, 3.8) is 0 Å². The molecular weight excluding hydrogens is 636 g/mol. The molecule has 1 heterocycles. The minimum Gasteiger partial charge on any atom is -0.488 e. The number of ether oxygens (including phenoxy) is 1. The van der Waals surface area contributed by atoms with Crippen LogP contribution in [0.25, 0.3) is 16.3 Å². The van der Waals surface area contributed by atoms with E-state index in [0.29, 0.717) is 13.0 Å². The van der Waals surface area contributed by atoms with Crippen LogP contribution in [-0.2, 0) is 4.79 Å². The van der Waals surface area contributed by atoms with Crippen molar-refractivity contribution < 1.29 is 9.53 Å². The van der Waals surface area contributed by atoms with Crippen LogP contribution in [0.4, 0.5) is 5.69 Å². The highest BCUT2D eigenvalue weighted by atomic mass is 127. The molecule has 0 fully saturated rings. The molecule has 0 amide bonds. The summed E-state index contributed by atoms with van der Waals surface area (Å²) in [5.74, 6) is 1.04. The molecule has 33 heavy (non-hydrogen) atoms. The van der Waals surface area contributed by atoms with Crippen molar-refractivity contribution in [3.05, 3.63) is 85.0 Å². The fraction of sp³-hybridized carbons (Fsp3) is 0.250. The number of hydrogen-bond acceptors (Lipinski definition) is 3. The van der Waals surface area contributed by atoms with E-state index < -0.39 is 0 Å². The lowest BCUT2D eigenvalue weighted by atomic mass is 9.68. The third-order valence-corrected chi connectivity index (χ3v) is 7.86. The minimum atomic E-state index is -0.250. The van der Waals surface area contributed by atoms with Gasteiger partial charge in [0.05, 0.1) is 9.61 Å². The van der Waals surface area contributed by atoms with Gasteiger partial charge in [0.1, 0.15) is 12.4 Å². The first kappa shape index (κ1) is 22.9. The third-order valence-electron chi connectivity index (χ3n) is 6.43. The SMILES string of the molecule is C=CCOc1c(I)cc(I)cc1[C@H]1Nc2ccc3ccccc3c2C2=C1C(=O)CC(C)(C)C2. The Hall–Kier alpha value is -1.87. The monoisotopic (exact) mass is 661 g/mol. The summed E-state index contributed by atoms with van der Waals surface area (Å²) in [5.41, 5.74) is 5.25. The van der Waals surface area contributed by atoms with Crippen molar-refractivity contribution in [1.82, 2.24) is 0 Å². The molecule has 0 bridgehead atoms. The minimum absolute atomic E-state index is 0.0757. The molecule has 168 valence electrons. The van der Waals surface area contributed by atoms with E-state index >= 15 is 0 Å². The lowest BCUT2D eigenvalue weighted by molar-refractivity contribution is -0.118. The summed E-state index contributed by atoms with van der Waals surface area (Å²) < 4.78 is 8.29. The highest BCUT2D eigenvalue weighted by molar-refractivity contribution is 14.1. The van der Waals surface area contributed by atoms with E-state index in [1.54, 1.807) is 6.08 Å². The molecule has 0 unspecified atom stereocenters. The molecule has 1 aliphatic heterocycles. The second-order valence-electron chi connectivity index (χ2n) is 9.53. The van der Waals surface area contributed by atoms with Crippen LogP contribution in [0.15, 0.2) is 66.8 Å². The van der Waals surface area contributed by atoms with Crippen molar-refractivity contribution in [2.45, 2.75) is 32.7 Å². The first-order valence-electron chi connectivity index (χ1n) is 11.1. The van der Waals surface area contributed by atoms with Crippen LogP contribution >= 0.6 is 45.2 Å². The van der Waals surface area contributed by atoms with Crippen LogP contribution in [-0.4, -0.2) is 12.4 Å². The first-order valence-corrected chi connectivity index (χ1v) is 13.2. The summed E-state index contributed by atoms with van der Waals surface area (Å²) in [4.78, 5) is 13.7. The summed E-state index contributed by atoms with van der Waals surface area (Å²) in [7, 11) is 0. The Bertz CT molecular complexity index is 1340. The molecule has 3 aromatic carbocycles. The van der Waals surface area contributed by atoms with Gasteiger partial charge in [-0.05, 0) is 91.6 Å². The Morgan fingerprint density at radius 3 is 2.73 bits per heavy atom. The molecule has 1 N–H and O–H groups in total. The number of rotatable bonds is 4. The summed E-state index contributed by atoms with van der Waals surface area (Å²) in [6, 6.07) is 16.8. The van der Waals surface area contributed by atoms with Crippen molar-refractivity contribution in [3.8, 4) is 5.75 Å². The summed E-state index contributed by atoms with van der Waals surface area (Å²) in [5, 5.41) is 6.13. The number of Topliss-reactive ketones (excluding diaryl/α,β-unsaturated/α-hetero) is 1. The van der Waals surface area contributed by atoms with E-state index in [0.717, 1.165) is 36.1 Å². The van der Waals surface area contributed by atoms with Gasteiger partial charge in [0.15, 0.2) is 5.78 Å². The average Bonchev–Trinajstić information content (AvgIpc) is 2.76. The maximum atomic E-state index is 13.7. The number of nitrogens with one attached hydrogen (secondary N) is 1. The Kier molecular flexibility index (Phi) is 6.05. The van der Waals surface area contributed by atoms with Crippen LogP contribution in [0, 0.1) is 12.6 Å². The number of hydrogen-bond donors (Lipinski definition) is 1. The lowest BCUT2D eigenvalue weighted by Crippen LogP contribution is -2.33. The van der Waals surface area contributed by atoms with Gasteiger partial charge in [-0.3, -0.25) is 4.79 Å². The van der Waals surface area contributed by atoms with Crippen LogP contribution in [0.3, 0.4) is 0 Å². The molecule has 2 aliphatic rings. The molecule has 0 saturated heterocycles. The highest BCUT2D eigenvalue weighted by Crippen LogP contribution is 2.53.